The lowest BCUT2D eigenvalue weighted by Gasteiger charge is -2.41. The number of urea groups is 2. The molecule has 4 aliphatic heterocycles. The molecule has 44 heavy (non-hydrogen) atoms. The number of thiophene rings is 1. The minimum Gasteiger partial charge on any atom is -0.397 e. The molecule has 5 heterocycles. The SMILES string of the molecule is Nc1c(Br)cc(C[C@@H](NC(=O)N2CCC(N3Cc4sccc4NC3=O)CC2)C(=O)N2CCC(N3CCCCC3)CC2)cc1Br. The van der Waals surface area contributed by atoms with Crippen LogP contribution in [0.25, 0.3) is 0 Å². The quantitative estimate of drug-likeness (QED) is 0.340. The van der Waals surface area contributed by atoms with Gasteiger partial charge in [-0.3, -0.25) is 4.79 Å². The first-order valence-electron chi connectivity index (χ1n) is 15.7. The molecule has 4 N–H and O–H groups in total. The number of anilines is 2. The number of benzene rings is 1. The van der Waals surface area contributed by atoms with Gasteiger partial charge in [-0.1, -0.05) is 6.42 Å². The lowest BCUT2D eigenvalue weighted by Crippen LogP contribution is -2.57. The van der Waals surface area contributed by atoms with Crippen LogP contribution in [0.1, 0.15) is 55.4 Å². The van der Waals surface area contributed by atoms with Crippen molar-refractivity contribution in [3.8, 4) is 0 Å². The van der Waals surface area contributed by atoms with E-state index in [4.69, 9.17) is 5.73 Å². The number of nitrogens with zero attached hydrogens (tertiary/aromatic N) is 4. The number of nitrogens with one attached hydrogen (secondary N) is 2. The zero-order chi connectivity index (χ0) is 30.8. The van der Waals surface area contributed by atoms with Crippen molar-refractivity contribution in [1.82, 2.24) is 24.9 Å². The van der Waals surface area contributed by atoms with Crippen LogP contribution in [-0.2, 0) is 17.8 Å². The third-order valence-electron chi connectivity index (χ3n) is 9.61. The summed E-state index contributed by atoms with van der Waals surface area (Å²) in [5.41, 5.74) is 8.53. The minimum absolute atomic E-state index is 0.0360. The van der Waals surface area contributed by atoms with E-state index < -0.39 is 6.04 Å². The van der Waals surface area contributed by atoms with E-state index in [1.807, 2.05) is 33.4 Å². The average molecular weight is 752 g/mol. The fourth-order valence-corrected chi connectivity index (χ4v) is 9.16. The Balaban J connectivity index is 1.09. The van der Waals surface area contributed by atoms with E-state index in [0.29, 0.717) is 63.7 Å². The molecular formula is C31H41Br2N7O3S. The van der Waals surface area contributed by atoms with Crippen molar-refractivity contribution in [3.63, 3.8) is 0 Å². The Morgan fingerprint density at radius 3 is 2.27 bits per heavy atom. The van der Waals surface area contributed by atoms with Gasteiger partial charge < -0.3 is 36.0 Å². The highest BCUT2D eigenvalue weighted by Gasteiger charge is 2.36. The van der Waals surface area contributed by atoms with Crippen molar-refractivity contribution in [2.24, 2.45) is 0 Å². The average Bonchev–Trinajstić information content (AvgIpc) is 3.50. The molecule has 6 rings (SSSR count). The number of amides is 5. The second-order valence-corrected chi connectivity index (χ2v) is 15.1. The van der Waals surface area contributed by atoms with Crippen LogP contribution < -0.4 is 16.4 Å². The summed E-state index contributed by atoms with van der Waals surface area (Å²) in [7, 11) is 0. The van der Waals surface area contributed by atoms with Gasteiger partial charge in [-0.15, -0.1) is 11.3 Å². The zero-order valence-corrected chi connectivity index (χ0v) is 28.9. The topological polar surface area (TPSA) is 114 Å². The van der Waals surface area contributed by atoms with Gasteiger partial charge in [0.15, 0.2) is 0 Å². The number of hydrogen-bond acceptors (Lipinski definition) is 6. The first-order chi connectivity index (χ1) is 21.3. The normalized spacial score (nSPS) is 21.1. The summed E-state index contributed by atoms with van der Waals surface area (Å²) in [5.74, 6) is -0.0360. The Hall–Kier alpha value is -2.35. The van der Waals surface area contributed by atoms with Gasteiger partial charge in [0.25, 0.3) is 0 Å². The highest BCUT2D eigenvalue weighted by atomic mass is 79.9. The van der Waals surface area contributed by atoms with Crippen molar-refractivity contribution in [2.75, 3.05) is 50.3 Å². The van der Waals surface area contributed by atoms with E-state index in [9.17, 15) is 14.4 Å². The molecule has 238 valence electrons. The van der Waals surface area contributed by atoms with Gasteiger partial charge in [0.1, 0.15) is 6.04 Å². The minimum atomic E-state index is -0.695. The largest absolute Gasteiger partial charge is 0.397 e. The standard InChI is InChI=1S/C31H41Br2N7O3S/c32-23-16-20(17-24(33)28(23)34)18-26(29(41)38-11-4-21(5-12-38)37-9-2-1-3-10-37)36-30(42)39-13-6-22(7-14-39)40-19-27-25(8-15-44-27)35-31(40)43/h8,15-17,21-22,26H,1-7,9-14,18-19,34H2,(H,35,43)(H,36,42)/t26-/m1/s1. The first-order valence-corrected chi connectivity index (χ1v) is 18.2. The lowest BCUT2D eigenvalue weighted by atomic mass is 9.98. The molecule has 13 heteroatoms. The molecule has 1 aromatic carbocycles. The van der Waals surface area contributed by atoms with Crippen LogP contribution in [0.15, 0.2) is 32.5 Å². The van der Waals surface area contributed by atoms with Gasteiger partial charge >= 0.3 is 12.1 Å². The van der Waals surface area contributed by atoms with Crippen LogP contribution in [-0.4, -0.2) is 95.0 Å². The number of rotatable bonds is 6. The van der Waals surface area contributed by atoms with E-state index in [1.165, 1.54) is 19.3 Å². The number of carbonyl (C=O) groups excluding carboxylic acids is 3. The summed E-state index contributed by atoms with van der Waals surface area (Å²) >= 11 is 8.70. The number of nitrogens with two attached hydrogens (primary N) is 1. The summed E-state index contributed by atoms with van der Waals surface area (Å²) in [6.07, 6.45) is 7.53. The molecular weight excluding hydrogens is 710 g/mol. The summed E-state index contributed by atoms with van der Waals surface area (Å²) in [6, 6.07) is 5.38. The van der Waals surface area contributed by atoms with Crippen molar-refractivity contribution in [2.45, 2.75) is 76.0 Å². The smallest absolute Gasteiger partial charge is 0.322 e. The molecule has 1 atom stereocenters. The van der Waals surface area contributed by atoms with Crippen molar-refractivity contribution in [1.29, 1.82) is 0 Å². The van der Waals surface area contributed by atoms with Crippen LogP contribution in [0.4, 0.5) is 21.0 Å². The maximum Gasteiger partial charge on any atom is 0.322 e. The van der Waals surface area contributed by atoms with Crippen molar-refractivity contribution in [3.05, 3.63) is 43.0 Å². The molecule has 3 fully saturated rings. The molecule has 0 bridgehead atoms. The van der Waals surface area contributed by atoms with Gasteiger partial charge in [-0.2, -0.15) is 0 Å². The van der Waals surface area contributed by atoms with Crippen LogP contribution in [0, 0.1) is 0 Å². The lowest BCUT2D eigenvalue weighted by molar-refractivity contribution is -0.134. The molecule has 10 nitrogen and oxygen atoms in total. The Bertz CT molecular complexity index is 1340. The van der Waals surface area contributed by atoms with Crippen molar-refractivity contribution >= 4 is 72.5 Å². The van der Waals surface area contributed by atoms with Crippen LogP contribution >= 0.6 is 43.2 Å². The Morgan fingerprint density at radius 1 is 0.955 bits per heavy atom. The number of carbonyl (C=O) groups is 3. The number of piperidine rings is 3. The molecule has 0 radical (unpaired) electrons. The van der Waals surface area contributed by atoms with Crippen molar-refractivity contribution < 1.29 is 14.4 Å². The maximum absolute atomic E-state index is 14.0. The summed E-state index contributed by atoms with van der Waals surface area (Å²) < 4.78 is 1.50. The Morgan fingerprint density at radius 2 is 1.59 bits per heavy atom. The molecule has 4 aliphatic rings. The fourth-order valence-electron chi connectivity index (χ4n) is 7.05. The van der Waals surface area contributed by atoms with E-state index in [1.54, 1.807) is 16.2 Å². The number of hydrogen-bond donors (Lipinski definition) is 3. The number of nitrogen functional groups attached to an aromatic ring is 1. The van der Waals surface area contributed by atoms with Gasteiger partial charge in [-0.05, 0) is 113 Å². The first kappa shape index (κ1) is 31.6. The van der Waals surface area contributed by atoms with Crippen LogP contribution in [0.3, 0.4) is 0 Å². The number of halogens is 2. The van der Waals surface area contributed by atoms with Crippen LogP contribution in [0.5, 0.6) is 0 Å². The molecule has 2 aromatic rings. The Labute approximate surface area is 279 Å². The summed E-state index contributed by atoms with van der Waals surface area (Å²) in [6.45, 7) is 5.39. The van der Waals surface area contributed by atoms with E-state index in [2.05, 4.69) is 47.4 Å². The predicted octanol–water partition coefficient (Wildman–Crippen LogP) is 5.47. The second kappa shape index (κ2) is 14.0. The molecule has 5 amide bonds. The monoisotopic (exact) mass is 749 g/mol. The molecule has 1 aromatic heterocycles. The molecule has 3 saturated heterocycles. The summed E-state index contributed by atoms with van der Waals surface area (Å²) in [5, 5.41) is 8.10. The highest BCUT2D eigenvalue weighted by molar-refractivity contribution is 9.11. The fraction of sp³-hybridized carbons (Fsp3) is 0.581. The van der Waals surface area contributed by atoms with Gasteiger partial charge in [0, 0.05) is 58.5 Å². The number of fused-ring (bicyclic) bond motifs is 1. The highest BCUT2D eigenvalue weighted by Crippen LogP contribution is 2.32. The molecule has 0 aliphatic carbocycles. The van der Waals surface area contributed by atoms with E-state index >= 15 is 0 Å². The maximum atomic E-state index is 14.0. The van der Waals surface area contributed by atoms with Gasteiger partial charge in [0.05, 0.1) is 17.9 Å². The summed E-state index contributed by atoms with van der Waals surface area (Å²) in [4.78, 5) is 49.7. The van der Waals surface area contributed by atoms with E-state index in [0.717, 1.165) is 51.0 Å². The third kappa shape index (κ3) is 7.05. The van der Waals surface area contributed by atoms with E-state index in [-0.39, 0.29) is 24.0 Å². The van der Waals surface area contributed by atoms with Crippen LogP contribution in [0.2, 0.25) is 0 Å². The molecule has 0 unspecified atom stereocenters. The van der Waals surface area contributed by atoms with Gasteiger partial charge in [-0.25, -0.2) is 9.59 Å². The zero-order valence-electron chi connectivity index (χ0n) is 24.9. The Kier molecular flexibility index (Phi) is 10.0. The third-order valence-corrected chi connectivity index (χ3v) is 11.8. The van der Waals surface area contributed by atoms with Gasteiger partial charge in [0.2, 0.25) is 5.91 Å². The molecule has 0 spiro atoms. The molecule has 0 saturated carbocycles. The number of likely N-dealkylation sites (tertiary alicyclic amines) is 3. The second-order valence-electron chi connectivity index (χ2n) is 12.4. The predicted molar refractivity (Wildman–Crippen MR) is 181 cm³/mol.